The third-order valence-corrected chi connectivity index (χ3v) is 3.48. The van der Waals surface area contributed by atoms with Gasteiger partial charge in [-0.2, -0.15) is 13.2 Å². The van der Waals surface area contributed by atoms with Crippen LogP contribution in [0.3, 0.4) is 0 Å². The van der Waals surface area contributed by atoms with Crippen molar-refractivity contribution in [3.05, 3.63) is 29.6 Å². The smallest absolute Gasteiger partial charge is 0.471 e. The molecule has 21 heavy (non-hydrogen) atoms. The predicted octanol–water partition coefficient (Wildman–Crippen LogP) is 2.05. The Kier molecular flexibility index (Phi) is 4.15. The van der Waals surface area contributed by atoms with Gasteiger partial charge in [0.05, 0.1) is 11.3 Å². The molecule has 1 saturated heterocycles. The molecule has 1 aromatic rings. The van der Waals surface area contributed by atoms with Gasteiger partial charge in [-0.3, -0.25) is 9.78 Å². The van der Waals surface area contributed by atoms with Gasteiger partial charge >= 0.3 is 18.1 Å². The van der Waals surface area contributed by atoms with E-state index in [4.69, 9.17) is 5.11 Å². The van der Waals surface area contributed by atoms with E-state index in [1.54, 1.807) is 0 Å². The van der Waals surface area contributed by atoms with Gasteiger partial charge in [-0.1, -0.05) is 0 Å². The SMILES string of the molecule is O=C(O)c1cccnc1C1CCN(C(=O)C(F)(F)F)CC1. The molecule has 0 aromatic carbocycles. The average molecular weight is 302 g/mol. The fraction of sp³-hybridized carbons (Fsp3) is 0.462. The molecular formula is C13H13F3N2O3. The number of nitrogens with zero attached hydrogens (tertiary/aromatic N) is 2. The van der Waals surface area contributed by atoms with Crippen molar-refractivity contribution in [2.45, 2.75) is 24.9 Å². The molecule has 2 heterocycles. The van der Waals surface area contributed by atoms with Gasteiger partial charge < -0.3 is 10.0 Å². The lowest BCUT2D eigenvalue weighted by Crippen LogP contribution is -2.45. The first kappa shape index (κ1) is 15.3. The quantitative estimate of drug-likeness (QED) is 0.907. The average Bonchev–Trinajstić information content (AvgIpc) is 2.45. The minimum absolute atomic E-state index is 0.0538. The lowest BCUT2D eigenvalue weighted by molar-refractivity contribution is -0.186. The summed E-state index contributed by atoms with van der Waals surface area (Å²) in [4.78, 5) is 27.0. The number of carbonyl (C=O) groups excluding carboxylic acids is 1. The maximum atomic E-state index is 12.3. The number of alkyl halides is 3. The summed E-state index contributed by atoms with van der Waals surface area (Å²) in [6.07, 6.45) is -2.89. The normalized spacial score (nSPS) is 16.8. The molecule has 1 fully saturated rings. The minimum atomic E-state index is -4.87. The van der Waals surface area contributed by atoms with E-state index in [0.29, 0.717) is 5.69 Å². The highest BCUT2D eigenvalue weighted by Gasteiger charge is 2.43. The van der Waals surface area contributed by atoms with E-state index in [-0.39, 0.29) is 37.4 Å². The Morgan fingerprint density at radius 1 is 1.29 bits per heavy atom. The Balaban J connectivity index is 2.09. The van der Waals surface area contributed by atoms with Crippen molar-refractivity contribution >= 4 is 11.9 Å². The summed E-state index contributed by atoms with van der Waals surface area (Å²) in [6.45, 7) is -0.114. The van der Waals surface area contributed by atoms with Gasteiger partial charge in [-0.05, 0) is 25.0 Å². The number of hydrogen-bond acceptors (Lipinski definition) is 3. The Hall–Kier alpha value is -2.12. The van der Waals surface area contributed by atoms with Crippen LogP contribution in [0.2, 0.25) is 0 Å². The monoisotopic (exact) mass is 302 g/mol. The molecule has 114 valence electrons. The van der Waals surface area contributed by atoms with Crippen LogP contribution in [0.25, 0.3) is 0 Å². The first-order valence-corrected chi connectivity index (χ1v) is 6.35. The molecule has 2 rings (SSSR count). The Morgan fingerprint density at radius 2 is 1.90 bits per heavy atom. The van der Waals surface area contributed by atoms with E-state index >= 15 is 0 Å². The van der Waals surface area contributed by atoms with Gasteiger partial charge in [0.1, 0.15) is 0 Å². The van der Waals surface area contributed by atoms with Gasteiger partial charge in [-0.15, -0.1) is 0 Å². The van der Waals surface area contributed by atoms with E-state index in [0.717, 1.165) is 4.90 Å². The number of hydrogen-bond donors (Lipinski definition) is 1. The number of likely N-dealkylation sites (tertiary alicyclic amines) is 1. The molecule has 0 atom stereocenters. The van der Waals surface area contributed by atoms with E-state index in [2.05, 4.69) is 4.98 Å². The Labute approximate surface area is 118 Å². The second-order valence-electron chi connectivity index (χ2n) is 4.81. The van der Waals surface area contributed by atoms with Crippen molar-refractivity contribution < 1.29 is 27.9 Å². The van der Waals surface area contributed by atoms with Crippen molar-refractivity contribution in [3.63, 3.8) is 0 Å². The predicted molar refractivity (Wildman–Crippen MR) is 65.8 cm³/mol. The van der Waals surface area contributed by atoms with Crippen LogP contribution in [0, 0.1) is 0 Å². The number of amides is 1. The van der Waals surface area contributed by atoms with Gasteiger partial charge in [0.25, 0.3) is 0 Å². The van der Waals surface area contributed by atoms with Crippen molar-refractivity contribution in [1.29, 1.82) is 0 Å². The molecule has 5 nitrogen and oxygen atoms in total. The zero-order valence-corrected chi connectivity index (χ0v) is 10.9. The molecule has 0 spiro atoms. The highest BCUT2D eigenvalue weighted by atomic mass is 19.4. The topological polar surface area (TPSA) is 70.5 Å². The number of halogens is 3. The number of rotatable bonds is 2. The third kappa shape index (κ3) is 3.32. The molecule has 8 heteroatoms. The largest absolute Gasteiger partial charge is 0.478 e. The number of carboxylic acids is 1. The van der Waals surface area contributed by atoms with E-state index in [1.807, 2.05) is 0 Å². The summed E-state index contributed by atoms with van der Waals surface area (Å²) in [5.41, 5.74) is 0.419. The summed E-state index contributed by atoms with van der Waals surface area (Å²) >= 11 is 0. The van der Waals surface area contributed by atoms with Gasteiger partial charge in [-0.25, -0.2) is 4.79 Å². The van der Waals surface area contributed by atoms with Crippen LogP contribution in [-0.4, -0.2) is 46.1 Å². The highest BCUT2D eigenvalue weighted by molar-refractivity contribution is 5.89. The van der Waals surface area contributed by atoms with Crippen LogP contribution in [0.5, 0.6) is 0 Å². The molecule has 1 N–H and O–H groups in total. The Morgan fingerprint density at radius 3 is 2.43 bits per heavy atom. The molecule has 0 radical (unpaired) electrons. The maximum Gasteiger partial charge on any atom is 0.471 e. The number of piperidine rings is 1. The standard InChI is InChI=1S/C13H13F3N2O3/c14-13(15,16)12(21)18-6-3-8(4-7-18)10-9(11(19)20)2-1-5-17-10/h1-2,5,8H,3-4,6-7H2,(H,19,20). The highest BCUT2D eigenvalue weighted by Crippen LogP contribution is 2.30. The van der Waals surface area contributed by atoms with E-state index < -0.39 is 18.1 Å². The second kappa shape index (κ2) is 5.71. The molecule has 0 unspecified atom stereocenters. The van der Waals surface area contributed by atoms with Crippen LogP contribution in [0.4, 0.5) is 13.2 Å². The number of aromatic nitrogens is 1. The summed E-state index contributed by atoms with van der Waals surface area (Å²) in [5, 5.41) is 9.09. The van der Waals surface area contributed by atoms with Crippen molar-refractivity contribution in [1.82, 2.24) is 9.88 Å². The fourth-order valence-corrected chi connectivity index (χ4v) is 2.46. The summed E-state index contributed by atoms with van der Waals surface area (Å²) in [6, 6.07) is 2.91. The molecule has 0 aliphatic carbocycles. The summed E-state index contributed by atoms with van der Waals surface area (Å²) in [7, 11) is 0. The van der Waals surface area contributed by atoms with Gasteiger partial charge in [0.2, 0.25) is 0 Å². The van der Waals surface area contributed by atoms with Crippen molar-refractivity contribution in [3.8, 4) is 0 Å². The first-order chi connectivity index (χ1) is 9.80. The number of carbonyl (C=O) groups is 2. The molecule has 1 amide bonds. The fourth-order valence-electron chi connectivity index (χ4n) is 2.46. The van der Waals surface area contributed by atoms with E-state index in [9.17, 15) is 22.8 Å². The summed E-state index contributed by atoms with van der Waals surface area (Å²) < 4.78 is 37.0. The van der Waals surface area contributed by atoms with Crippen LogP contribution in [0.1, 0.15) is 34.8 Å². The molecule has 0 saturated carbocycles. The van der Waals surface area contributed by atoms with Crippen molar-refractivity contribution in [2.75, 3.05) is 13.1 Å². The number of pyridine rings is 1. The Bertz CT molecular complexity index is 552. The van der Waals surface area contributed by atoms with E-state index in [1.165, 1.54) is 18.3 Å². The first-order valence-electron chi connectivity index (χ1n) is 6.35. The maximum absolute atomic E-state index is 12.3. The van der Waals surface area contributed by atoms with Crippen LogP contribution >= 0.6 is 0 Å². The van der Waals surface area contributed by atoms with Crippen LogP contribution < -0.4 is 0 Å². The zero-order valence-electron chi connectivity index (χ0n) is 10.9. The van der Waals surface area contributed by atoms with Gasteiger partial charge in [0, 0.05) is 25.2 Å². The minimum Gasteiger partial charge on any atom is -0.478 e. The second-order valence-corrected chi connectivity index (χ2v) is 4.81. The van der Waals surface area contributed by atoms with Crippen LogP contribution in [-0.2, 0) is 4.79 Å². The van der Waals surface area contributed by atoms with Gasteiger partial charge in [0.15, 0.2) is 0 Å². The number of carboxylic acid groups (broad SMARTS) is 1. The van der Waals surface area contributed by atoms with Crippen LogP contribution in [0.15, 0.2) is 18.3 Å². The zero-order chi connectivity index (χ0) is 15.6. The molecule has 1 aromatic heterocycles. The third-order valence-electron chi connectivity index (χ3n) is 3.48. The molecule has 0 bridgehead atoms. The van der Waals surface area contributed by atoms with Crippen molar-refractivity contribution in [2.24, 2.45) is 0 Å². The lowest BCUT2D eigenvalue weighted by Gasteiger charge is -2.32. The number of aromatic carboxylic acids is 1. The summed E-state index contributed by atoms with van der Waals surface area (Å²) in [5.74, 6) is -3.22. The molecule has 1 aliphatic heterocycles. The lowest BCUT2D eigenvalue weighted by atomic mass is 9.90. The molecule has 1 aliphatic rings. The molecular weight excluding hydrogens is 289 g/mol.